The Morgan fingerprint density at radius 2 is 2.04 bits per heavy atom. The molecule has 2 rings (SSSR count). The van der Waals surface area contributed by atoms with Crippen LogP contribution in [0.5, 0.6) is 0 Å². The molecule has 2 N–H and O–H groups in total. The predicted octanol–water partition coefficient (Wildman–Crippen LogP) is 3.14. The summed E-state index contributed by atoms with van der Waals surface area (Å²) >= 11 is 1.10. The van der Waals surface area contributed by atoms with E-state index in [1.807, 2.05) is 13.8 Å². The molecule has 1 heterocycles. The second kappa shape index (κ2) is 7.14. The molecular formula is C16H18F2N2O2S. The fraction of sp³-hybridized carbons (Fsp3) is 0.375. The first-order chi connectivity index (χ1) is 10.8. The standard InChI is InChI=1S/C16H18F2N2O2S/c1-8(2)13(21)7-19-15(22)14-9(3)20-16(23-14)10-4-5-11(17)12(18)6-10/h4-6,8,13,21H,7H2,1-3H3,(H,19,22). The zero-order valence-electron chi connectivity index (χ0n) is 13.1. The van der Waals surface area contributed by atoms with Crippen molar-refractivity contribution in [2.24, 2.45) is 5.92 Å². The molecule has 4 nitrogen and oxygen atoms in total. The van der Waals surface area contributed by atoms with Crippen LogP contribution in [0.3, 0.4) is 0 Å². The molecule has 1 aromatic heterocycles. The van der Waals surface area contributed by atoms with Gasteiger partial charge in [0.1, 0.15) is 9.88 Å². The number of aromatic nitrogens is 1. The molecule has 0 radical (unpaired) electrons. The van der Waals surface area contributed by atoms with Gasteiger partial charge in [-0.25, -0.2) is 13.8 Å². The number of rotatable bonds is 5. The molecule has 1 aromatic carbocycles. The van der Waals surface area contributed by atoms with Crippen LogP contribution in [0.25, 0.3) is 10.6 Å². The van der Waals surface area contributed by atoms with E-state index in [4.69, 9.17) is 0 Å². The summed E-state index contributed by atoms with van der Waals surface area (Å²) in [6.07, 6.45) is -0.627. The van der Waals surface area contributed by atoms with Crippen molar-refractivity contribution >= 4 is 17.2 Å². The number of benzene rings is 1. The molecule has 0 spiro atoms. The topological polar surface area (TPSA) is 62.2 Å². The monoisotopic (exact) mass is 340 g/mol. The van der Waals surface area contributed by atoms with Gasteiger partial charge in [0.25, 0.3) is 5.91 Å². The van der Waals surface area contributed by atoms with Gasteiger partial charge in [-0.3, -0.25) is 4.79 Å². The molecule has 1 amide bonds. The minimum absolute atomic E-state index is 0.0376. The smallest absolute Gasteiger partial charge is 0.263 e. The van der Waals surface area contributed by atoms with E-state index in [1.54, 1.807) is 6.92 Å². The molecular weight excluding hydrogens is 322 g/mol. The number of halogens is 2. The number of hydrogen-bond acceptors (Lipinski definition) is 4. The van der Waals surface area contributed by atoms with Crippen LogP contribution in [-0.4, -0.2) is 28.6 Å². The largest absolute Gasteiger partial charge is 0.391 e. The van der Waals surface area contributed by atoms with Gasteiger partial charge in [-0.15, -0.1) is 11.3 Å². The number of nitrogens with zero attached hydrogens (tertiary/aromatic N) is 1. The average Bonchev–Trinajstić information content (AvgIpc) is 2.89. The third kappa shape index (κ3) is 4.11. The highest BCUT2D eigenvalue weighted by molar-refractivity contribution is 7.17. The van der Waals surface area contributed by atoms with Gasteiger partial charge in [-0.05, 0) is 31.0 Å². The molecule has 124 valence electrons. The van der Waals surface area contributed by atoms with E-state index in [1.165, 1.54) is 6.07 Å². The number of aryl methyl sites for hydroxylation is 1. The molecule has 1 atom stereocenters. The number of amides is 1. The second-order valence-electron chi connectivity index (χ2n) is 5.58. The fourth-order valence-corrected chi connectivity index (χ4v) is 2.85. The van der Waals surface area contributed by atoms with Crippen LogP contribution in [0.2, 0.25) is 0 Å². The molecule has 23 heavy (non-hydrogen) atoms. The van der Waals surface area contributed by atoms with Crippen molar-refractivity contribution in [3.63, 3.8) is 0 Å². The van der Waals surface area contributed by atoms with Gasteiger partial charge >= 0.3 is 0 Å². The van der Waals surface area contributed by atoms with Crippen LogP contribution in [0, 0.1) is 24.5 Å². The lowest BCUT2D eigenvalue weighted by Crippen LogP contribution is -2.34. The summed E-state index contributed by atoms with van der Waals surface area (Å²) in [5.74, 6) is -2.19. The van der Waals surface area contributed by atoms with E-state index >= 15 is 0 Å². The Morgan fingerprint density at radius 3 is 2.65 bits per heavy atom. The minimum Gasteiger partial charge on any atom is -0.391 e. The second-order valence-corrected chi connectivity index (χ2v) is 6.58. The Bertz CT molecular complexity index is 716. The molecule has 0 aliphatic carbocycles. The summed E-state index contributed by atoms with van der Waals surface area (Å²) in [6.45, 7) is 5.54. The normalized spacial score (nSPS) is 12.5. The lowest BCUT2D eigenvalue weighted by Gasteiger charge is -2.14. The maximum Gasteiger partial charge on any atom is 0.263 e. The third-order valence-electron chi connectivity index (χ3n) is 3.41. The number of aliphatic hydroxyl groups excluding tert-OH is 1. The number of thiazole rings is 1. The van der Waals surface area contributed by atoms with E-state index in [0.717, 1.165) is 23.5 Å². The van der Waals surface area contributed by atoms with Crippen molar-refractivity contribution in [1.29, 1.82) is 0 Å². The minimum atomic E-state index is -0.957. The van der Waals surface area contributed by atoms with Crippen LogP contribution in [-0.2, 0) is 0 Å². The Labute approximate surface area is 137 Å². The molecule has 1 unspecified atom stereocenters. The Hall–Kier alpha value is -1.86. The van der Waals surface area contributed by atoms with Crippen molar-refractivity contribution in [3.8, 4) is 10.6 Å². The van der Waals surface area contributed by atoms with Gasteiger partial charge in [0.15, 0.2) is 11.6 Å². The van der Waals surface area contributed by atoms with Gasteiger partial charge in [0.05, 0.1) is 11.8 Å². The molecule has 0 aliphatic heterocycles. The highest BCUT2D eigenvalue weighted by Crippen LogP contribution is 2.28. The molecule has 0 fully saturated rings. The van der Waals surface area contributed by atoms with Crippen LogP contribution >= 0.6 is 11.3 Å². The molecule has 0 aliphatic rings. The lowest BCUT2D eigenvalue weighted by molar-refractivity contribution is 0.0874. The molecule has 2 aromatic rings. The van der Waals surface area contributed by atoms with E-state index in [-0.39, 0.29) is 18.4 Å². The zero-order valence-corrected chi connectivity index (χ0v) is 13.9. The molecule has 0 saturated heterocycles. The SMILES string of the molecule is Cc1nc(-c2ccc(F)c(F)c2)sc1C(=O)NCC(O)C(C)C. The van der Waals surface area contributed by atoms with Gasteiger partial charge in [0, 0.05) is 12.1 Å². The maximum absolute atomic E-state index is 13.3. The van der Waals surface area contributed by atoms with Gasteiger partial charge in [-0.2, -0.15) is 0 Å². The number of nitrogens with one attached hydrogen (secondary N) is 1. The van der Waals surface area contributed by atoms with E-state index < -0.39 is 17.7 Å². The van der Waals surface area contributed by atoms with E-state index in [0.29, 0.717) is 21.1 Å². The van der Waals surface area contributed by atoms with Crippen molar-refractivity contribution in [1.82, 2.24) is 10.3 Å². The van der Waals surface area contributed by atoms with Crippen molar-refractivity contribution < 1.29 is 18.7 Å². The number of hydrogen-bond donors (Lipinski definition) is 2. The first-order valence-corrected chi connectivity index (χ1v) is 8.00. The Kier molecular flexibility index (Phi) is 5.43. The summed E-state index contributed by atoms with van der Waals surface area (Å²) in [4.78, 5) is 16.8. The first-order valence-electron chi connectivity index (χ1n) is 7.18. The van der Waals surface area contributed by atoms with Crippen molar-refractivity contribution in [2.45, 2.75) is 26.9 Å². The van der Waals surface area contributed by atoms with E-state index in [9.17, 15) is 18.7 Å². The van der Waals surface area contributed by atoms with Crippen LogP contribution in [0.4, 0.5) is 8.78 Å². The summed E-state index contributed by atoms with van der Waals surface area (Å²) in [6, 6.07) is 3.50. The number of carbonyl (C=O) groups excluding carboxylic acids is 1. The Balaban J connectivity index is 2.17. The van der Waals surface area contributed by atoms with Crippen LogP contribution in [0.1, 0.15) is 29.2 Å². The van der Waals surface area contributed by atoms with Crippen LogP contribution < -0.4 is 5.32 Å². The van der Waals surface area contributed by atoms with Gasteiger partial charge < -0.3 is 10.4 Å². The van der Waals surface area contributed by atoms with Gasteiger partial charge in [0.2, 0.25) is 0 Å². The first kappa shape index (κ1) is 17.5. The summed E-state index contributed by atoms with van der Waals surface area (Å²) in [5, 5.41) is 12.8. The van der Waals surface area contributed by atoms with Crippen molar-refractivity contribution in [2.75, 3.05) is 6.54 Å². The van der Waals surface area contributed by atoms with Gasteiger partial charge in [-0.1, -0.05) is 13.8 Å². The molecule has 0 saturated carbocycles. The average molecular weight is 340 g/mol. The summed E-state index contributed by atoms with van der Waals surface area (Å²) in [7, 11) is 0. The predicted molar refractivity (Wildman–Crippen MR) is 85.4 cm³/mol. The lowest BCUT2D eigenvalue weighted by atomic mass is 10.1. The third-order valence-corrected chi connectivity index (χ3v) is 4.62. The summed E-state index contributed by atoms with van der Waals surface area (Å²) in [5.41, 5.74) is 0.921. The maximum atomic E-state index is 13.3. The number of carbonyl (C=O) groups is 1. The zero-order chi connectivity index (χ0) is 17.1. The van der Waals surface area contributed by atoms with Crippen molar-refractivity contribution in [3.05, 3.63) is 40.4 Å². The van der Waals surface area contributed by atoms with Crippen LogP contribution in [0.15, 0.2) is 18.2 Å². The fourth-order valence-electron chi connectivity index (χ4n) is 1.87. The Morgan fingerprint density at radius 1 is 1.35 bits per heavy atom. The highest BCUT2D eigenvalue weighted by Gasteiger charge is 2.18. The highest BCUT2D eigenvalue weighted by atomic mass is 32.1. The number of aliphatic hydroxyl groups is 1. The van der Waals surface area contributed by atoms with E-state index in [2.05, 4.69) is 10.3 Å². The summed E-state index contributed by atoms with van der Waals surface area (Å²) < 4.78 is 26.3. The molecule has 0 bridgehead atoms. The quantitative estimate of drug-likeness (QED) is 0.879. The molecule has 7 heteroatoms.